The highest BCUT2D eigenvalue weighted by molar-refractivity contribution is 5.94. The monoisotopic (exact) mass is 368 g/mol. The smallest absolute Gasteiger partial charge is 0.255 e. The molecule has 0 radical (unpaired) electrons. The molecule has 6 nitrogen and oxygen atoms in total. The first kappa shape index (κ1) is 17.6. The third-order valence-electron chi connectivity index (χ3n) is 5.45. The molecule has 0 aliphatic carbocycles. The molecule has 2 amide bonds. The van der Waals surface area contributed by atoms with E-state index in [2.05, 4.69) is 10.2 Å². The molecule has 2 atom stereocenters. The van der Waals surface area contributed by atoms with Crippen molar-refractivity contribution >= 4 is 11.8 Å². The highest BCUT2D eigenvalue weighted by Crippen LogP contribution is 2.32. The van der Waals surface area contributed by atoms with Crippen molar-refractivity contribution in [3.05, 3.63) is 59.7 Å². The van der Waals surface area contributed by atoms with Crippen LogP contribution in [-0.4, -0.2) is 50.9 Å². The van der Waals surface area contributed by atoms with Gasteiger partial charge in [-0.25, -0.2) is 4.39 Å². The lowest BCUT2D eigenvalue weighted by Crippen LogP contribution is -2.43. The van der Waals surface area contributed by atoms with Crippen LogP contribution in [0.4, 0.5) is 4.39 Å². The lowest BCUT2D eigenvalue weighted by atomic mass is 9.98. The number of halogens is 1. The first-order valence-corrected chi connectivity index (χ1v) is 9.21. The first-order valence-electron chi connectivity index (χ1n) is 9.21. The maximum atomic E-state index is 13.6. The number of likely N-dealkylation sites (tertiary alicyclic amines) is 2. The molecule has 1 aromatic carbocycles. The number of benzene rings is 1. The Labute approximate surface area is 157 Å². The average molecular weight is 368 g/mol. The van der Waals surface area contributed by atoms with Gasteiger partial charge in [0.05, 0.1) is 24.0 Å². The Morgan fingerprint density at radius 1 is 1.22 bits per heavy atom. The molecule has 0 saturated carbocycles. The highest BCUT2D eigenvalue weighted by atomic mass is 19.1. The molecule has 7 heteroatoms. The summed E-state index contributed by atoms with van der Waals surface area (Å²) in [6, 6.07) is 7.96. The summed E-state index contributed by atoms with van der Waals surface area (Å²) in [5.41, 5.74) is 1.27. The lowest BCUT2D eigenvalue weighted by molar-refractivity contribution is -0.133. The molecule has 3 heterocycles. The van der Waals surface area contributed by atoms with Crippen LogP contribution in [0.2, 0.25) is 0 Å². The van der Waals surface area contributed by atoms with Gasteiger partial charge in [-0.15, -0.1) is 0 Å². The van der Waals surface area contributed by atoms with E-state index in [9.17, 15) is 14.0 Å². The maximum absolute atomic E-state index is 13.6. The molecule has 27 heavy (non-hydrogen) atoms. The van der Waals surface area contributed by atoms with Gasteiger partial charge in [-0.2, -0.15) is 10.2 Å². The summed E-state index contributed by atoms with van der Waals surface area (Å²) in [5.74, 6) is -0.0775. The van der Waals surface area contributed by atoms with Crippen LogP contribution in [0, 0.1) is 11.7 Å². The number of carbonyl (C=O) groups is 2. The minimum atomic E-state index is -0.306. The Morgan fingerprint density at radius 3 is 2.89 bits per heavy atom. The highest BCUT2D eigenvalue weighted by Gasteiger charge is 2.42. The van der Waals surface area contributed by atoms with Crippen LogP contribution < -0.4 is 0 Å². The zero-order valence-corrected chi connectivity index (χ0v) is 14.9. The van der Waals surface area contributed by atoms with Crippen LogP contribution in [0.1, 0.15) is 35.2 Å². The van der Waals surface area contributed by atoms with Gasteiger partial charge < -0.3 is 9.80 Å². The van der Waals surface area contributed by atoms with Gasteiger partial charge in [-0.3, -0.25) is 9.59 Å². The van der Waals surface area contributed by atoms with Crippen molar-refractivity contribution in [1.82, 2.24) is 20.0 Å². The van der Waals surface area contributed by atoms with Gasteiger partial charge in [-0.05, 0) is 42.5 Å². The topological polar surface area (TPSA) is 66.4 Å². The Kier molecular flexibility index (Phi) is 4.83. The number of fused-ring (bicyclic) bond motifs is 1. The molecule has 2 aromatic rings. The number of rotatable bonds is 3. The van der Waals surface area contributed by atoms with Crippen molar-refractivity contribution in [3.63, 3.8) is 0 Å². The van der Waals surface area contributed by atoms with Gasteiger partial charge in [0, 0.05) is 26.1 Å². The van der Waals surface area contributed by atoms with Crippen LogP contribution in [-0.2, 0) is 11.3 Å². The standard InChI is InChI=1S/C20H21FN4O2/c21-17-5-1-3-14(9-17)11-25-18-13-24(12-16(18)4-2-6-19(25)26)20(27)15-7-8-22-23-10-15/h1,3,5,7-10,16,18H,2,4,6,11-13H2. The van der Waals surface area contributed by atoms with Crippen LogP contribution in [0.3, 0.4) is 0 Å². The zero-order chi connectivity index (χ0) is 18.8. The molecule has 140 valence electrons. The molecular weight excluding hydrogens is 347 g/mol. The summed E-state index contributed by atoms with van der Waals surface area (Å²) >= 11 is 0. The van der Waals surface area contributed by atoms with Gasteiger partial charge in [-0.1, -0.05) is 12.1 Å². The van der Waals surface area contributed by atoms with Crippen molar-refractivity contribution < 1.29 is 14.0 Å². The van der Waals surface area contributed by atoms with Crippen LogP contribution in [0.25, 0.3) is 0 Å². The van der Waals surface area contributed by atoms with Crippen molar-refractivity contribution in [2.75, 3.05) is 13.1 Å². The number of hydrogen-bond donors (Lipinski definition) is 0. The number of carbonyl (C=O) groups excluding carboxylic acids is 2. The molecule has 2 aliphatic rings. The van der Waals surface area contributed by atoms with Crippen molar-refractivity contribution in [2.24, 2.45) is 5.92 Å². The predicted molar refractivity (Wildman–Crippen MR) is 96.0 cm³/mol. The molecule has 1 aromatic heterocycles. The molecule has 2 unspecified atom stereocenters. The quantitative estimate of drug-likeness (QED) is 0.834. The Morgan fingerprint density at radius 2 is 2.11 bits per heavy atom. The van der Waals surface area contributed by atoms with Crippen molar-refractivity contribution in [3.8, 4) is 0 Å². The molecule has 2 fully saturated rings. The maximum Gasteiger partial charge on any atom is 0.255 e. The number of amides is 2. The molecular formula is C20H21FN4O2. The van der Waals surface area contributed by atoms with E-state index in [4.69, 9.17) is 0 Å². The van der Waals surface area contributed by atoms with Crippen molar-refractivity contribution in [1.29, 1.82) is 0 Å². The van der Waals surface area contributed by atoms with E-state index < -0.39 is 0 Å². The van der Waals surface area contributed by atoms with E-state index in [0.29, 0.717) is 31.6 Å². The van der Waals surface area contributed by atoms with E-state index in [0.717, 1.165) is 18.4 Å². The minimum absolute atomic E-state index is 0.0398. The van der Waals surface area contributed by atoms with Crippen LogP contribution in [0.15, 0.2) is 42.7 Å². The molecule has 0 spiro atoms. The summed E-state index contributed by atoms with van der Waals surface area (Å²) in [6.07, 6.45) is 5.20. The van der Waals surface area contributed by atoms with Gasteiger partial charge in [0.15, 0.2) is 0 Å². The molecule has 0 bridgehead atoms. The van der Waals surface area contributed by atoms with Gasteiger partial charge in [0.2, 0.25) is 5.91 Å². The van der Waals surface area contributed by atoms with Crippen LogP contribution in [0.5, 0.6) is 0 Å². The summed E-state index contributed by atoms with van der Waals surface area (Å²) < 4.78 is 13.6. The summed E-state index contributed by atoms with van der Waals surface area (Å²) in [7, 11) is 0. The predicted octanol–water partition coefficient (Wildman–Crippen LogP) is 2.27. The largest absolute Gasteiger partial charge is 0.336 e. The van der Waals surface area contributed by atoms with Crippen molar-refractivity contribution in [2.45, 2.75) is 31.8 Å². The summed E-state index contributed by atoms with van der Waals surface area (Å²) in [6.45, 7) is 1.49. The van der Waals surface area contributed by atoms with E-state index in [-0.39, 0.29) is 29.6 Å². The second-order valence-electron chi connectivity index (χ2n) is 7.21. The third kappa shape index (κ3) is 3.67. The zero-order valence-electron chi connectivity index (χ0n) is 14.9. The van der Waals surface area contributed by atoms with Gasteiger partial charge in [0.25, 0.3) is 5.91 Å². The lowest BCUT2D eigenvalue weighted by Gasteiger charge is -2.30. The van der Waals surface area contributed by atoms with Gasteiger partial charge >= 0.3 is 0 Å². The molecule has 2 aliphatic heterocycles. The average Bonchev–Trinajstić information content (AvgIpc) is 3.04. The molecule has 0 N–H and O–H groups in total. The Hall–Kier alpha value is -2.83. The van der Waals surface area contributed by atoms with E-state index in [1.165, 1.54) is 24.5 Å². The number of nitrogens with zero attached hydrogens (tertiary/aromatic N) is 4. The van der Waals surface area contributed by atoms with E-state index in [1.54, 1.807) is 17.0 Å². The Bertz CT molecular complexity index is 845. The second kappa shape index (κ2) is 7.42. The van der Waals surface area contributed by atoms with E-state index >= 15 is 0 Å². The van der Waals surface area contributed by atoms with E-state index in [1.807, 2.05) is 11.0 Å². The summed E-state index contributed by atoms with van der Waals surface area (Å²) in [4.78, 5) is 29.1. The summed E-state index contributed by atoms with van der Waals surface area (Å²) in [5, 5.41) is 7.49. The number of aromatic nitrogens is 2. The fourth-order valence-corrected chi connectivity index (χ4v) is 4.14. The molecule has 2 saturated heterocycles. The normalized spacial score (nSPS) is 22.5. The molecule has 4 rings (SSSR count). The fourth-order valence-electron chi connectivity index (χ4n) is 4.14. The first-order chi connectivity index (χ1) is 13.1. The van der Waals surface area contributed by atoms with Crippen LogP contribution >= 0.6 is 0 Å². The minimum Gasteiger partial charge on any atom is -0.336 e. The fraction of sp³-hybridized carbons (Fsp3) is 0.400. The second-order valence-corrected chi connectivity index (χ2v) is 7.21. The Balaban J connectivity index is 1.55. The van der Waals surface area contributed by atoms with Gasteiger partial charge in [0.1, 0.15) is 5.82 Å². The number of hydrogen-bond acceptors (Lipinski definition) is 4. The third-order valence-corrected chi connectivity index (χ3v) is 5.45. The SMILES string of the molecule is O=C(c1ccnnc1)N1CC2CCCC(=O)N(Cc3cccc(F)c3)C2C1.